The number of fused-ring (bicyclic) bond motifs is 3. The predicted octanol–water partition coefficient (Wildman–Crippen LogP) is 5.01. The van der Waals surface area contributed by atoms with Gasteiger partial charge in [0.25, 0.3) is 0 Å². The Morgan fingerprint density at radius 1 is 0.786 bits per heavy atom. The average Bonchev–Trinajstić information content (AvgIpc) is 3.14. The van der Waals surface area contributed by atoms with Crippen LogP contribution in [-0.4, -0.2) is 10.5 Å². The Morgan fingerprint density at radius 3 is 2.39 bits per heavy atom. The monoisotopic (exact) mass is 364 g/mol. The van der Waals surface area contributed by atoms with Crippen molar-refractivity contribution in [1.82, 2.24) is 4.57 Å². The molecule has 3 heteroatoms. The smallest absolute Gasteiger partial charge is 0.248 e. The van der Waals surface area contributed by atoms with E-state index in [0.29, 0.717) is 5.56 Å². The van der Waals surface area contributed by atoms with Gasteiger partial charge in [-0.05, 0) is 53.8 Å². The van der Waals surface area contributed by atoms with Crippen molar-refractivity contribution in [3.8, 4) is 28.1 Å². The molecule has 5 rings (SSSR count). The molecule has 0 aliphatic heterocycles. The van der Waals surface area contributed by atoms with Gasteiger partial charge >= 0.3 is 0 Å². The maximum Gasteiger partial charge on any atom is 0.248 e. The summed E-state index contributed by atoms with van der Waals surface area (Å²) in [6, 6.07) is 28.9. The van der Waals surface area contributed by atoms with E-state index in [2.05, 4.69) is 59.2 Å². The van der Waals surface area contributed by atoms with E-state index in [0.717, 1.165) is 29.8 Å². The number of hydrogen-bond donors (Lipinski definition) is 1. The topological polar surface area (TPSA) is 48.0 Å². The van der Waals surface area contributed by atoms with Crippen LogP contribution < -0.4 is 5.73 Å². The lowest BCUT2D eigenvalue weighted by atomic mass is 9.90. The number of aromatic nitrogens is 1. The van der Waals surface area contributed by atoms with E-state index >= 15 is 0 Å². The predicted molar refractivity (Wildman–Crippen MR) is 113 cm³/mol. The van der Waals surface area contributed by atoms with Crippen LogP contribution in [0.1, 0.15) is 21.6 Å². The Balaban J connectivity index is 1.80. The summed E-state index contributed by atoms with van der Waals surface area (Å²) in [5.41, 5.74) is 14.5. The Labute approximate surface area is 164 Å². The van der Waals surface area contributed by atoms with Gasteiger partial charge in [0.1, 0.15) is 0 Å². The molecule has 0 spiro atoms. The second kappa shape index (κ2) is 6.54. The third-order valence-corrected chi connectivity index (χ3v) is 5.50. The number of primary amides is 1. The molecule has 136 valence electrons. The first-order valence-electron chi connectivity index (χ1n) is 9.51. The molecule has 0 saturated heterocycles. The van der Waals surface area contributed by atoms with Gasteiger partial charge in [-0.25, -0.2) is 0 Å². The van der Waals surface area contributed by atoms with Crippen LogP contribution in [0.3, 0.4) is 0 Å². The summed E-state index contributed by atoms with van der Waals surface area (Å²) in [4.78, 5) is 11.7. The number of benzene rings is 3. The fourth-order valence-corrected chi connectivity index (χ4v) is 4.20. The number of nitrogens with zero attached hydrogens (tertiary/aromatic N) is 1. The number of carbonyl (C=O) groups excluding carboxylic acids is 1. The van der Waals surface area contributed by atoms with Gasteiger partial charge in [0.05, 0.1) is 5.69 Å². The second-order valence-corrected chi connectivity index (χ2v) is 7.16. The Morgan fingerprint density at radius 2 is 1.57 bits per heavy atom. The number of amides is 1. The van der Waals surface area contributed by atoms with E-state index in [1.807, 2.05) is 24.3 Å². The molecule has 1 aliphatic carbocycles. The Hall–Kier alpha value is -3.59. The number of rotatable bonds is 3. The quantitative estimate of drug-likeness (QED) is 0.546. The highest BCUT2D eigenvalue weighted by molar-refractivity contribution is 5.93. The van der Waals surface area contributed by atoms with Crippen molar-refractivity contribution in [2.24, 2.45) is 5.73 Å². The molecule has 0 radical (unpaired) electrons. The number of carbonyl (C=O) groups is 1. The van der Waals surface area contributed by atoms with E-state index in [1.165, 1.54) is 22.4 Å². The van der Waals surface area contributed by atoms with E-state index in [9.17, 15) is 4.79 Å². The molecule has 0 bridgehead atoms. The maximum absolute atomic E-state index is 11.7. The third kappa shape index (κ3) is 2.64. The number of aryl methyl sites for hydroxylation is 1. The molecule has 3 nitrogen and oxygen atoms in total. The molecule has 28 heavy (non-hydrogen) atoms. The van der Waals surface area contributed by atoms with Crippen molar-refractivity contribution >= 4 is 5.91 Å². The summed E-state index contributed by atoms with van der Waals surface area (Å²) in [6.07, 6.45) is 1.97. The van der Waals surface area contributed by atoms with Gasteiger partial charge in [-0.1, -0.05) is 60.7 Å². The van der Waals surface area contributed by atoms with Crippen molar-refractivity contribution in [3.05, 3.63) is 102 Å². The molecule has 1 aromatic heterocycles. The first-order valence-corrected chi connectivity index (χ1v) is 9.51. The molecule has 1 aliphatic rings. The highest BCUT2D eigenvalue weighted by atomic mass is 16.1. The molecule has 0 fully saturated rings. The molecular formula is C25H20N2O. The number of hydrogen-bond acceptors (Lipinski definition) is 1. The van der Waals surface area contributed by atoms with Crippen molar-refractivity contribution in [2.45, 2.75) is 12.8 Å². The summed E-state index contributed by atoms with van der Waals surface area (Å²) in [6.45, 7) is 0. The molecule has 2 N–H and O–H groups in total. The minimum absolute atomic E-state index is 0.408. The zero-order valence-electron chi connectivity index (χ0n) is 15.4. The minimum atomic E-state index is -0.408. The fourth-order valence-electron chi connectivity index (χ4n) is 4.20. The van der Waals surface area contributed by atoms with Gasteiger partial charge in [0, 0.05) is 22.5 Å². The number of nitrogens with two attached hydrogens (primary N) is 1. The molecule has 1 heterocycles. The first-order chi connectivity index (χ1) is 13.7. The van der Waals surface area contributed by atoms with E-state index in [1.54, 1.807) is 6.07 Å². The Kier molecular flexibility index (Phi) is 3.87. The summed E-state index contributed by atoms with van der Waals surface area (Å²) in [5, 5.41) is 0. The zero-order valence-corrected chi connectivity index (χ0v) is 15.4. The van der Waals surface area contributed by atoms with Gasteiger partial charge in [-0.3, -0.25) is 4.79 Å². The van der Waals surface area contributed by atoms with E-state index in [-0.39, 0.29) is 0 Å². The van der Waals surface area contributed by atoms with Crippen LogP contribution in [0.2, 0.25) is 0 Å². The standard InChI is InChI=1S/C25H20N2O/c26-25(28)19-10-6-11-20(15-19)27-23-14-13-17-7-4-5-12-21(17)22(23)16-24(27)18-8-2-1-3-9-18/h1-12,15-16H,13-14H2,(H2,26,28). The van der Waals surface area contributed by atoms with Crippen molar-refractivity contribution in [3.63, 3.8) is 0 Å². The first kappa shape index (κ1) is 16.6. The average molecular weight is 364 g/mol. The van der Waals surface area contributed by atoms with Crippen LogP contribution in [0.4, 0.5) is 0 Å². The fraction of sp³-hybridized carbons (Fsp3) is 0.0800. The van der Waals surface area contributed by atoms with Gasteiger partial charge in [0.15, 0.2) is 0 Å². The molecular weight excluding hydrogens is 344 g/mol. The lowest BCUT2D eigenvalue weighted by molar-refractivity contribution is 0.100. The lowest BCUT2D eigenvalue weighted by Gasteiger charge is -2.20. The van der Waals surface area contributed by atoms with Crippen LogP contribution in [0, 0.1) is 0 Å². The molecule has 0 unspecified atom stereocenters. The minimum Gasteiger partial charge on any atom is -0.366 e. The summed E-state index contributed by atoms with van der Waals surface area (Å²) < 4.78 is 2.28. The van der Waals surface area contributed by atoms with Gasteiger partial charge in [0.2, 0.25) is 5.91 Å². The van der Waals surface area contributed by atoms with Crippen LogP contribution in [0.15, 0.2) is 84.9 Å². The van der Waals surface area contributed by atoms with Crippen LogP contribution in [0.25, 0.3) is 28.1 Å². The highest BCUT2D eigenvalue weighted by Crippen LogP contribution is 2.40. The third-order valence-electron chi connectivity index (χ3n) is 5.50. The Bertz CT molecular complexity index is 1190. The van der Waals surface area contributed by atoms with Crippen LogP contribution in [-0.2, 0) is 12.8 Å². The van der Waals surface area contributed by atoms with Crippen LogP contribution >= 0.6 is 0 Å². The van der Waals surface area contributed by atoms with Crippen LogP contribution in [0.5, 0.6) is 0 Å². The molecule has 1 amide bonds. The largest absolute Gasteiger partial charge is 0.366 e. The second-order valence-electron chi connectivity index (χ2n) is 7.16. The van der Waals surface area contributed by atoms with E-state index < -0.39 is 5.91 Å². The highest BCUT2D eigenvalue weighted by Gasteiger charge is 2.24. The van der Waals surface area contributed by atoms with E-state index in [4.69, 9.17) is 5.73 Å². The zero-order chi connectivity index (χ0) is 19.1. The molecule has 0 atom stereocenters. The lowest BCUT2D eigenvalue weighted by Crippen LogP contribution is -2.13. The normalized spacial score (nSPS) is 12.3. The van der Waals surface area contributed by atoms with Gasteiger partial charge in [-0.15, -0.1) is 0 Å². The summed E-state index contributed by atoms with van der Waals surface area (Å²) in [7, 11) is 0. The van der Waals surface area contributed by atoms with Gasteiger partial charge < -0.3 is 10.3 Å². The molecule has 3 aromatic carbocycles. The molecule has 0 saturated carbocycles. The summed E-state index contributed by atoms with van der Waals surface area (Å²) >= 11 is 0. The van der Waals surface area contributed by atoms with Crippen molar-refractivity contribution in [2.75, 3.05) is 0 Å². The summed E-state index contributed by atoms with van der Waals surface area (Å²) in [5.74, 6) is -0.408. The molecule has 4 aromatic rings. The maximum atomic E-state index is 11.7. The van der Waals surface area contributed by atoms with Crippen molar-refractivity contribution < 1.29 is 4.79 Å². The van der Waals surface area contributed by atoms with Gasteiger partial charge in [-0.2, -0.15) is 0 Å². The SMILES string of the molecule is NC(=O)c1cccc(-n2c(-c3ccccc3)cc3c2CCc2ccccc2-3)c1. The van der Waals surface area contributed by atoms with Crippen molar-refractivity contribution in [1.29, 1.82) is 0 Å².